The lowest BCUT2D eigenvalue weighted by molar-refractivity contribution is 0.554. The van der Waals surface area contributed by atoms with Crippen LogP contribution >= 0.6 is 0 Å². The average Bonchev–Trinajstić information content (AvgIpc) is 3.01. The zero-order valence-electron chi connectivity index (χ0n) is 13.2. The van der Waals surface area contributed by atoms with Crippen molar-refractivity contribution in [1.82, 2.24) is 9.97 Å². The van der Waals surface area contributed by atoms with Crippen LogP contribution in [0, 0.1) is 11.3 Å². The molecule has 0 saturated carbocycles. The van der Waals surface area contributed by atoms with Gasteiger partial charge in [0.15, 0.2) is 0 Å². The first kappa shape index (κ1) is 15.0. The minimum atomic E-state index is -0.391. The Bertz CT molecular complexity index is 903. The maximum Gasteiger partial charge on any atom is 0.137 e. The zero-order chi connectivity index (χ0) is 16.4. The SMILES string of the molecule is CC(C)(N)c1ccc(/C(C#N)=C/c2ccnc3[nH]ccc23)cc1. The highest BCUT2D eigenvalue weighted by molar-refractivity contribution is 5.96. The second kappa shape index (κ2) is 5.71. The fourth-order valence-corrected chi connectivity index (χ4v) is 2.52. The van der Waals surface area contributed by atoms with Crippen LogP contribution in [-0.2, 0) is 5.54 Å². The summed E-state index contributed by atoms with van der Waals surface area (Å²) in [5.74, 6) is 0. The van der Waals surface area contributed by atoms with Crippen LogP contribution < -0.4 is 5.73 Å². The van der Waals surface area contributed by atoms with Gasteiger partial charge in [0.25, 0.3) is 0 Å². The Hall–Kier alpha value is -2.90. The van der Waals surface area contributed by atoms with Crippen LogP contribution in [0.5, 0.6) is 0 Å². The molecule has 4 nitrogen and oxygen atoms in total. The number of aromatic amines is 1. The van der Waals surface area contributed by atoms with E-state index in [4.69, 9.17) is 5.73 Å². The summed E-state index contributed by atoms with van der Waals surface area (Å²) in [6, 6.07) is 14.0. The Labute approximate surface area is 135 Å². The minimum absolute atomic E-state index is 0.391. The number of fused-ring (bicyclic) bond motifs is 1. The van der Waals surface area contributed by atoms with Gasteiger partial charge < -0.3 is 10.7 Å². The molecule has 23 heavy (non-hydrogen) atoms. The number of nitrogens with one attached hydrogen (secondary N) is 1. The van der Waals surface area contributed by atoms with Crippen LogP contribution in [-0.4, -0.2) is 9.97 Å². The van der Waals surface area contributed by atoms with Crippen molar-refractivity contribution in [2.45, 2.75) is 19.4 Å². The van der Waals surface area contributed by atoms with Crippen LogP contribution in [0.3, 0.4) is 0 Å². The Morgan fingerprint density at radius 2 is 1.96 bits per heavy atom. The summed E-state index contributed by atoms with van der Waals surface area (Å²) in [6.45, 7) is 3.92. The van der Waals surface area contributed by atoms with Gasteiger partial charge in [0.05, 0.1) is 11.6 Å². The molecule has 0 saturated heterocycles. The molecule has 0 aliphatic rings. The molecule has 0 spiro atoms. The number of rotatable bonds is 3. The van der Waals surface area contributed by atoms with Crippen molar-refractivity contribution in [2.24, 2.45) is 5.73 Å². The number of hydrogen-bond donors (Lipinski definition) is 2. The van der Waals surface area contributed by atoms with Crippen molar-refractivity contribution in [3.8, 4) is 6.07 Å². The van der Waals surface area contributed by atoms with Gasteiger partial charge in [-0.05, 0) is 48.7 Å². The number of pyridine rings is 1. The molecule has 3 N–H and O–H groups in total. The van der Waals surface area contributed by atoms with Crippen molar-refractivity contribution >= 4 is 22.7 Å². The van der Waals surface area contributed by atoms with Crippen molar-refractivity contribution in [3.63, 3.8) is 0 Å². The van der Waals surface area contributed by atoms with Gasteiger partial charge in [0.2, 0.25) is 0 Å². The summed E-state index contributed by atoms with van der Waals surface area (Å²) in [7, 11) is 0. The largest absolute Gasteiger partial charge is 0.346 e. The average molecular weight is 302 g/mol. The van der Waals surface area contributed by atoms with Crippen molar-refractivity contribution < 1.29 is 0 Å². The highest BCUT2D eigenvalue weighted by Crippen LogP contribution is 2.24. The van der Waals surface area contributed by atoms with Crippen molar-refractivity contribution in [2.75, 3.05) is 0 Å². The Morgan fingerprint density at radius 1 is 1.22 bits per heavy atom. The van der Waals surface area contributed by atoms with E-state index < -0.39 is 5.54 Å². The number of hydrogen-bond acceptors (Lipinski definition) is 3. The van der Waals surface area contributed by atoms with Gasteiger partial charge in [-0.3, -0.25) is 0 Å². The molecule has 0 aliphatic carbocycles. The molecular formula is C19H18N4. The third-order valence-electron chi connectivity index (χ3n) is 3.85. The van der Waals surface area contributed by atoms with E-state index in [9.17, 15) is 5.26 Å². The number of benzene rings is 1. The lowest BCUT2D eigenvalue weighted by Crippen LogP contribution is -2.28. The summed E-state index contributed by atoms with van der Waals surface area (Å²) < 4.78 is 0. The lowest BCUT2D eigenvalue weighted by atomic mass is 9.93. The molecule has 3 aromatic rings. The molecule has 0 radical (unpaired) electrons. The second-order valence-electron chi connectivity index (χ2n) is 6.11. The quantitative estimate of drug-likeness (QED) is 0.722. The first-order valence-corrected chi connectivity index (χ1v) is 7.43. The summed E-state index contributed by atoms with van der Waals surface area (Å²) in [6.07, 6.45) is 5.47. The van der Waals surface area contributed by atoms with Gasteiger partial charge in [-0.2, -0.15) is 5.26 Å². The normalized spacial score (nSPS) is 12.3. The molecule has 114 valence electrons. The molecule has 1 aromatic carbocycles. The van der Waals surface area contributed by atoms with Crippen LogP contribution in [0.25, 0.3) is 22.7 Å². The number of nitrogens with two attached hydrogens (primary N) is 1. The van der Waals surface area contributed by atoms with Crippen LogP contribution in [0.2, 0.25) is 0 Å². The summed E-state index contributed by atoms with van der Waals surface area (Å²) >= 11 is 0. The molecule has 3 rings (SSSR count). The van der Waals surface area contributed by atoms with Gasteiger partial charge >= 0.3 is 0 Å². The van der Waals surface area contributed by atoms with Crippen LogP contribution in [0.4, 0.5) is 0 Å². The molecule has 0 amide bonds. The molecule has 0 bridgehead atoms. The molecule has 4 heteroatoms. The fourth-order valence-electron chi connectivity index (χ4n) is 2.52. The van der Waals surface area contributed by atoms with E-state index in [0.29, 0.717) is 5.57 Å². The van der Waals surface area contributed by atoms with Gasteiger partial charge in [0, 0.05) is 23.3 Å². The van der Waals surface area contributed by atoms with Crippen LogP contribution in [0.1, 0.15) is 30.5 Å². The number of aromatic nitrogens is 2. The molecule has 0 atom stereocenters. The van der Waals surface area contributed by atoms with E-state index in [2.05, 4.69) is 16.0 Å². The maximum absolute atomic E-state index is 9.53. The van der Waals surface area contributed by atoms with E-state index >= 15 is 0 Å². The Morgan fingerprint density at radius 3 is 2.61 bits per heavy atom. The highest BCUT2D eigenvalue weighted by atomic mass is 14.8. The summed E-state index contributed by atoms with van der Waals surface area (Å²) in [5, 5.41) is 10.5. The molecule has 2 heterocycles. The predicted molar refractivity (Wildman–Crippen MR) is 93.2 cm³/mol. The summed E-state index contributed by atoms with van der Waals surface area (Å²) in [4.78, 5) is 7.34. The van der Waals surface area contributed by atoms with Crippen molar-refractivity contribution in [3.05, 3.63) is 65.5 Å². The third-order valence-corrected chi connectivity index (χ3v) is 3.85. The van der Waals surface area contributed by atoms with Gasteiger partial charge in [0.1, 0.15) is 5.65 Å². The Kier molecular flexibility index (Phi) is 3.73. The number of nitrogens with zero attached hydrogens (tertiary/aromatic N) is 2. The minimum Gasteiger partial charge on any atom is -0.346 e. The molecule has 0 fully saturated rings. The van der Waals surface area contributed by atoms with Gasteiger partial charge in [-0.1, -0.05) is 24.3 Å². The third kappa shape index (κ3) is 3.01. The first-order chi connectivity index (χ1) is 11.0. The first-order valence-electron chi connectivity index (χ1n) is 7.43. The van der Waals surface area contributed by atoms with E-state index in [1.807, 2.05) is 62.5 Å². The van der Waals surface area contributed by atoms with E-state index in [1.165, 1.54) is 0 Å². The predicted octanol–water partition coefficient (Wildman–Crippen LogP) is 3.82. The van der Waals surface area contributed by atoms with E-state index in [1.54, 1.807) is 6.20 Å². The number of H-pyrrole nitrogens is 1. The molecule has 0 aliphatic heterocycles. The van der Waals surface area contributed by atoms with E-state index in [0.717, 1.165) is 27.7 Å². The van der Waals surface area contributed by atoms with Gasteiger partial charge in [-0.15, -0.1) is 0 Å². The zero-order valence-corrected chi connectivity index (χ0v) is 13.2. The van der Waals surface area contributed by atoms with Crippen LogP contribution in [0.15, 0.2) is 48.8 Å². The molecule has 0 unspecified atom stereocenters. The number of allylic oxidation sites excluding steroid dienone is 1. The summed E-state index contributed by atoms with van der Waals surface area (Å²) in [5.41, 5.74) is 10.0. The topological polar surface area (TPSA) is 78.5 Å². The molecular weight excluding hydrogens is 284 g/mol. The maximum atomic E-state index is 9.53. The highest BCUT2D eigenvalue weighted by Gasteiger charge is 2.14. The van der Waals surface area contributed by atoms with E-state index in [-0.39, 0.29) is 0 Å². The molecule has 2 aromatic heterocycles. The standard InChI is InChI=1S/C19H18N4/c1-19(2,21)16-5-3-13(4-6-16)15(12-20)11-14-7-9-22-18-17(14)8-10-23-18/h3-11H,21H2,1-2H3,(H,22,23)/b15-11+. The lowest BCUT2D eigenvalue weighted by Gasteiger charge is -2.19. The Balaban J connectivity index is 2.03. The number of nitriles is 1. The van der Waals surface area contributed by atoms with Gasteiger partial charge in [-0.25, -0.2) is 4.98 Å². The smallest absolute Gasteiger partial charge is 0.137 e. The monoisotopic (exact) mass is 302 g/mol. The van der Waals surface area contributed by atoms with Crippen molar-refractivity contribution in [1.29, 1.82) is 5.26 Å². The second-order valence-corrected chi connectivity index (χ2v) is 6.11. The fraction of sp³-hybridized carbons (Fsp3) is 0.158.